The number of nitriles is 1. The zero-order valence-electron chi connectivity index (χ0n) is 18.0. The number of hydrogen-bond donors (Lipinski definition) is 1. The highest BCUT2D eigenvalue weighted by Crippen LogP contribution is 2.29. The van der Waals surface area contributed by atoms with Crippen molar-refractivity contribution in [3.63, 3.8) is 0 Å². The Hall–Kier alpha value is -3.94. The molecule has 0 radical (unpaired) electrons. The number of terminal acetylenes is 1. The lowest BCUT2D eigenvalue weighted by atomic mass is 10.1. The SMILES string of the molecule is C#CCOc1ccc(/C=C(\C#N)C(=O)Nc2ccc(N3CCOCC3)cc2)cc1OCC. The number of carbonyl (C=O) groups excluding carboxylic acids is 1. The summed E-state index contributed by atoms with van der Waals surface area (Å²) >= 11 is 0. The molecule has 1 heterocycles. The first-order valence-corrected chi connectivity index (χ1v) is 10.3. The molecular formula is C25H25N3O4. The Morgan fingerprint density at radius 3 is 2.59 bits per heavy atom. The Kier molecular flexibility index (Phi) is 8.14. The fourth-order valence-electron chi connectivity index (χ4n) is 3.21. The molecule has 32 heavy (non-hydrogen) atoms. The molecule has 1 aliphatic rings. The Morgan fingerprint density at radius 2 is 1.94 bits per heavy atom. The number of anilines is 2. The molecule has 1 fully saturated rings. The first-order chi connectivity index (χ1) is 15.6. The molecule has 1 saturated heterocycles. The molecule has 2 aromatic rings. The first kappa shape index (κ1) is 22.7. The van der Waals surface area contributed by atoms with Gasteiger partial charge in [0.25, 0.3) is 5.91 Å². The van der Waals surface area contributed by atoms with Gasteiger partial charge in [0.1, 0.15) is 18.2 Å². The lowest BCUT2D eigenvalue weighted by Crippen LogP contribution is -2.36. The molecule has 164 valence electrons. The lowest BCUT2D eigenvalue weighted by Gasteiger charge is -2.28. The third kappa shape index (κ3) is 6.04. The second kappa shape index (κ2) is 11.5. The van der Waals surface area contributed by atoms with Gasteiger partial charge in [-0.15, -0.1) is 6.42 Å². The van der Waals surface area contributed by atoms with E-state index in [0.717, 1.165) is 18.8 Å². The van der Waals surface area contributed by atoms with Crippen molar-refractivity contribution in [2.45, 2.75) is 6.92 Å². The van der Waals surface area contributed by atoms with Crippen LogP contribution in [0.4, 0.5) is 11.4 Å². The number of benzene rings is 2. The molecule has 0 unspecified atom stereocenters. The molecule has 0 bridgehead atoms. The van der Waals surface area contributed by atoms with E-state index in [1.807, 2.05) is 37.3 Å². The zero-order valence-corrected chi connectivity index (χ0v) is 18.0. The minimum absolute atomic E-state index is 0.0259. The quantitative estimate of drug-likeness (QED) is 0.391. The van der Waals surface area contributed by atoms with Gasteiger partial charge in [-0.2, -0.15) is 5.26 Å². The van der Waals surface area contributed by atoms with Crippen molar-refractivity contribution in [3.8, 4) is 29.9 Å². The number of nitrogens with zero attached hydrogens (tertiary/aromatic N) is 2. The standard InChI is InChI=1S/C25H25N3O4/c1-3-13-32-23-10-5-19(17-24(23)31-4-2)16-20(18-26)25(29)27-21-6-8-22(9-7-21)28-11-14-30-15-12-28/h1,5-10,16-17H,4,11-15H2,2H3,(H,27,29)/b20-16+. The lowest BCUT2D eigenvalue weighted by molar-refractivity contribution is -0.112. The van der Waals surface area contributed by atoms with Crippen LogP contribution in [0.5, 0.6) is 11.5 Å². The highest BCUT2D eigenvalue weighted by molar-refractivity contribution is 6.09. The molecule has 1 amide bonds. The number of amides is 1. The minimum Gasteiger partial charge on any atom is -0.490 e. The molecule has 0 spiro atoms. The van der Waals surface area contributed by atoms with Crippen molar-refractivity contribution >= 4 is 23.4 Å². The summed E-state index contributed by atoms with van der Waals surface area (Å²) in [5.41, 5.74) is 2.29. The van der Waals surface area contributed by atoms with Crippen LogP contribution >= 0.6 is 0 Å². The second-order valence-corrected chi connectivity index (χ2v) is 6.90. The molecule has 1 N–H and O–H groups in total. The Labute approximate surface area is 188 Å². The van der Waals surface area contributed by atoms with E-state index in [-0.39, 0.29) is 12.2 Å². The summed E-state index contributed by atoms with van der Waals surface area (Å²) in [4.78, 5) is 14.9. The fourth-order valence-corrected chi connectivity index (χ4v) is 3.21. The summed E-state index contributed by atoms with van der Waals surface area (Å²) in [6.07, 6.45) is 6.75. The predicted octanol–water partition coefficient (Wildman–Crippen LogP) is 3.48. The van der Waals surface area contributed by atoms with Gasteiger partial charge in [-0.05, 0) is 55.0 Å². The summed E-state index contributed by atoms with van der Waals surface area (Å²) in [6, 6.07) is 14.6. The van der Waals surface area contributed by atoms with Gasteiger partial charge in [0, 0.05) is 24.5 Å². The number of carbonyl (C=O) groups is 1. The van der Waals surface area contributed by atoms with Crippen molar-refractivity contribution in [1.82, 2.24) is 0 Å². The van der Waals surface area contributed by atoms with E-state index >= 15 is 0 Å². The van der Waals surface area contributed by atoms with Crippen LogP contribution in [0.15, 0.2) is 48.0 Å². The maximum Gasteiger partial charge on any atom is 0.266 e. The molecule has 7 nitrogen and oxygen atoms in total. The van der Waals surface area contributed by atoms with Gasteiger partial charge in [0.15, 0.2) is 11.5 Å². The van der Waals surface area contributed by atoms with Crippen molar-refractivity contribution in [1.29, 1.82) is 5.26 Å². The van der Waals surface area contributed by atoms with Gasteiger partial charge in [-0.25, -0.2) is 0 Å². The zero-order chi connectivity index (χ0) is 22.8. The van der Waals surface area contributed by atoms with Gasteiger partial charge in [0.2, 0.25) is 0 Å². The van der Waals surface area contributed by atoms with Crippen LogP contribution in [0.2, 0.25) is 0 Å². The highest BCUT2D eigenvalue weighted by atomic mass is 16.5. The number of morpholine rings is 1. The van der Waals surface area contributed by atoms with Gasteiger partial charge in [-0.1, -0.05) is 12.0 Å². The average Bonchev–Trinajstić information content (AvgIpc) is 2.83. The molecule has 0 aliphatic carbocycles. The van der Waals surface area contributed by atoms with Crippen LogP contribution in [0.1, 0.15) is 12.5 Å². The van der Waals surface area contributed by atoms with Crippen molar-refractivity contribution in [2.24, 2.45) is 0 Å². The molecule has 0 aromatic heterocycles. The Bertz CT molecular complexity index is 1040. The van der Waals surface area contributed by atoms with Crippen molar-refractivity contribution < 1.29 is 19.0 Å². The number of nitrogens with one attached hydrogen (secondary N) is 1. The third-order valence-electron chi connectivity index (χ3n) is 4.76. The summed E-state index contributed by atoms with van der Waals surface area (Å²) in [5, 5.41) is 12.3. The van der Waals surface area contributed by atoms with Gasteiger partial charge >= 0.3 is 0 Å². The van der Waals surface area contributed by atoms with Gasteiger partial charge in [-0.3, -0.25) is 4.79 Å². The van der Waals surface area contributed by atoms with E-state index in [4.69, 9.17) is 20.6 Å². The number of hydrogen-bond acceptors (Lipinski definition) is 6. The molecular weight excluding hydrogens is 406 g/mol. The molecule has 2 aromatic carbocycles. The molecule has 0 atom stereocenters. The summed E-state index contributed by atoms with van der Waals surface area (Å²) in [5.74, 6) is 2.92. The van der Waals surface area contributed by atoms with Crippen molar-refractivity contribution in [2.75, 3.05) is 49.7 Å². The highest BCUT2D eigenvalue weighted by Gasteiger charge is 2.13. The molecule has 0 saturated carbocycles. The molecule has 1 aliphatic heterocycles. The van der Waals surface area contributed by atoms with Gasteiger partial charge in [0.05, 0.1) is 19.8 Å². The van der Waals surface area contributed by atoms with E-state index in [9.17, 15) is 10.1 Å². The summed E-state index contributed by atoms with van der Waals surface area (Å²) in [6.45, 7) is 5.49. The van der Waals surface area contributed by atoms with Crippen LogP contribution in [0.25, 0.3) is 6.08 Å². The molecule has 7 heteroatoms. The van der Waals surface area contributed by atoms with E-state index in [0.29, 0.717) is 42.6 Å². The van der Waals surface area contributed by atoms with Crippen LogP contribution < -0.4 is 19.7 Å². The normalized spacial score (nSPS) is 13.6. The van der Waals surface area contributed by atoms with Gasteiger partial charge < -0.3 is 24.4 Å². The minimum atomic E-state index is -0.489. The Balaban J connectivity index is 1.71. The van der Waals surface area contributed by atoms with Crippen LogP contribution in [0, 0.1) is 23.7 Å². The van der Waals surface area contributed by atoms with E-state index in [1.54, 1.807) is 18.2 Å². The fraction of sp³-hybridized carbons (Fsp3) is 0.280. The smallest absolute Gasteiger partial charge is 0.266 e. The summed E-state index contributed by atoms with van der Waals surface area (Å²) < 4.78 is 16.4. The topological polar surface area (TPSA) is 83.8 Å². The monoisotopic (exact) mass is 431 g/mol. The largest absolute Gasteiger partial charge is 0.490 e. The second-order valence-electron chi connectivity index (χ2n) is 6.90. The first-order valence-electron chi connectivity index (χ1n) is 10.3. The molecule has 3 rings (SSSR count). The van der Waals surface area contributed by atoms with E-state index in [1.165, 1.54) is 6.08 Å². The Morgan fingerprint density at radius 1 is 1.19 bits per heavy atom. The maximum atomic E-state index is 12.6. The maximum absolute atomic E-state index is 12.6. The number of rotatable bonds is 8. The van der Waals surface area contributed by atoms with E-state index < -0.39 is 5.91 Å². The van der Waals surface area contributed by atoms with E-state index in [2.05, 4.69) is 16.1 Å². The van der Waals surface area contributed by atoms with Crippen molar-refractivity contribution in [3.05, 3.63) is 53.6 Å². The predicted molar refractivity (Wildman–Crippen MR) is 124 cm³/mol. The summed E-state index contributed by atoms with van der Waals surface area (Å²) in [7, 11) is 0. The van der Waals surface area contributed by atoms with Crippen LogP contribution in [0.3, 0.4) is 0 Å². The van der Waals surface area contributed by atoms with Crippen LogP contribution in [-0.4, -0.2) is 45.4 Å². The average molecular weight is 431 g/mol. The number of ether oxygens (including phenoxy) is 3. The third-order valence-corrected chi connectivity index (χ3v) is 4.76. The van der Waals surface area contributed by atoms with Crippen LogP contribution in [-0.2, 0) is 9.53 Å².